The number of aromatic carboxylic acids is 1. The molecular formula is C17H11N3O4. The number of aliphatic hydroxyl groups is 1. The van der Waals surface area contributed by atoms with Crippen LogP contribution >= 0.6 is 0 Å². The quantitative estimate of drug-likeness (QED) is 0.731. The van der Waals surface area contributed by atoms with Gasteiger partial charge in [-0.1, -0.05) is 11.8 Å². The van der Waals surface area contributed by atoms with Crippen molar-refractivity contribution in [3.8, 4) is 17.9 Å². The van der Waals surface area contributed by atoms with E-state index >= 15 is 0 Å². The van der Waals surface area contributed by atoms with Crippen LogP contribution in [0.1, 0.15) is 31.8 Å². The molecule has 1 amide bonds. The van der Waals surface area contributed by atoms with E-state index in [0.717, 1.165) is 0 Å². The minimum Gasteiger partial charge on any atom is -0.478 e. The number of hydrogen-bond acceptors (Lipinski definition) is 5. The van der Waals surface area contributed by atoms with Crippen LogP contribution in [0.3, 0.4) is 0 Å². The highest BCUT2D eigenvalue weighted by molar-refractivity contribution is 6.07. The van der Waals surface area contributed by atoms with Crippen molar-refractivity contribution >= 4 is 17.6 Å². The molecule has 0 aliphatic rings. The third kappa shape index (κ3) is 3.95. The summed E-state index contributed by atoms with van der Waals surface area (Å²) in [6.45, 7) is -0.316. The molecule has 1 aromatic carbocycles. The number of carbonyl (C=O) groups is 2. The normalized spacial score (nSPS) is 9.33. The van der Waals surface area contributed by atoms with Crippen LogP contribution in [-0.4, -0.2) is 33.7 Å². The van der Waals surface area contributed by atoms with Gasteiger partial charge in [0.2, 0.25) is 0 Å². The average molecular weight is 321 g/mol. The molecule has 0 unspecified atom stereocenters. The fourth-order valence-electron chi connectivity index (χ4n) is 1.87. The van der Waals surface area contributed by atoms with E-state index in [4.69, 9.17) is 10.4 Å². The number of pyridine rings is 1. The molecule has 7 heteroatoms. The van der Waals surface area contributed by atoms with E-state index in [1.54, 1.807) is 0 Å². The second-order valence-electron chi connectivity index (χ2n) is 4.55. The predicted octanol–water partition coefficient (Wildman–Crippen LogP) is 1.25. The number of rotatable bonds is 3. The fraction of sp³-hybridized carbons (Fsp3) is 0.0588. The summed E-state index contributed by atoms with van der Waals surface area (Å²) in [5.74, 6) is 3.24. The van der Waals surface area contributed by atoms with Gasteiger partial charge >= 0.3 is 5.97 Å². The zero-order chi connectivity index (χ0) is 17.5. The Balaban J connectivity index is 2.30. The lowest BCUT2D eigenvalue weighted by Crippen LogP contribution is -2.15. The number of aliphatic hydroxyl groups excluding tert-OH is 1. The molecule has 0 saturated heterocycles. The van der Waals surface area contributed by atoms with Crippen molar-refractivity contribution < 1.29 is 19.8 Å². The van der Waals surface area contributed by atoms with Crippen molar-refractivity contribution in [2.45, 2.75) is 0 Å². The SMILES string of the molecule is N#Cc1ccc(NC(=O)c2cncc(C#CCO)c2)c(C(=O)O)c1. The van der Waals surface area contributed by atoms with Crippen LogP contribution in [-0.2, 0) is 0 Å². The molecule has 1 aromatic heterocycles. The third-order valence-corrected chi connectivity index (χ3v) is 2.94. The van der Waals surface area contributed by atoms with E-state index in [9.17, 15) is 14.7 Å². The smallest absolute Gasteiger partial charge is 0.337 e. The maximum absolute atomic E-state index is 12.3. The van der Waals surface area contributed by atoms with Gasteiger partial charge in [0, 0.05) is 18.0 Å². The van der Waals surface area contributed by atoms with Crippen LogP contribution in [0.4, 0.5) is 5.69 Å². The van der Waals surface area contributed by atoms with Gasteiger partial charge < -0.3 is 15.5 Å². The van der Waals surface area contributed by atoms with Crippen LogP contribution in [0.2, 0.25) is 0 Å². The molecule has 0 radical (unpaired) electrons. The molecule has 2 aromatic rings. The monoisotopic (exact) mass is 321 g/mol. The lowest BCUT2D eigenvalue weighted by atomic mass is 10.1. The third-order valence-electron chi connectivity index (χ3n) is 2.94. The zero-order valence-corrected chi connectivity index (χ0v) is 12.3. The fourth-order valence-corrected chi connectivity index (χ4v) is 1.87. The molecule has 24 heavy (non-hydrogen) atoms. The zero-order valence-electron chi connectivity index (χ0n) is 12.3. The highest BCUT2D eigenvalue weighted by Crippen LogP contribution is 2.18. The number of carbonyl (C=O) groups excluding carboxylic acids is 1. The van der Waals surface area contributed by atoms with E-state index < -0.39 is 11.9 Å². The second kappa shape index (κ2) is 7.54. The average Bonchev–Trinajstić information content (AvgIpc) is 2.60. The van der Waals surface area contributed by atoms with Gasteiger partial charge in [-0.2, -0.15) is 5.26 Å². The van der Waals surface area contributed by atoms with Crippen molar-refractivity contribution in [1.82, 2.24) is 4.98 Å². The number of hydrogen-bond donors (Lipinski definition) is 3. The van der Waals surface area contributed by atoms with Crippen LogP contribution in [0.25, 0.3) is 0 Å². The summed E-state index contributed by atoms with van der Waals surface area (Å²) >= 11 is 0. The Bertz CT molecular complexity index is 904. The van der Waals surface area contributed by atoms with E-state index in [1.165, 1.54) is 36.7 Å². The Labute approximate surface area is 137 Å². The predicted molar refractivity (Wildman–Crippen MR) is 84.3 cm³/mol. The molecule has 1 heterocycles. The van der Waals surface area contributed by atoms with Gasteiger partial charge in [-0.05, 0) is 24.3 Å². The number of carboxylic acid groups (broad SMARTS) is 1. The van der Waals surface area contributed by atoms with E-state index in [1.807, 2.05) is 6.07 Å². The molecule has 2 rings (SSSR count). The van der Waals surface area contributed by atoms with Crippen molar-refractivity contribution in [2.75, 3.05) is 11.9 Å². The van der Waals surface area contributed by atoms with Gasteiger partial charge in [-0.15, -0.1) is 0 Å². The van der Waals surface area contributed by atoms with Gasteiger partial charge in [0.15, 0.2) is 0 Å². The topological polar surface area (TPSA) is 123 Å². The summed E-state index contributed by atoms with van der Waals surface area (Å²) in [5.41, 5.74) is 0.675. The lowest BCUT2D eigenvalue weighted by Gasteiger charge is -2.09. The van der Waals surface area contributed by atoms with Crippen molar-refractivity contribution in [3.05, 3.63) is 58.9 Å². The summed E-state index contributed by atoms with van der Waals surface area (Å²) in [6, 6.07) is 7.24. The summed E-state index contributed by atoms with van der Waals surface area (Å²) in [7, 11) is 0. The summed E-state index contributed by atoms with van der Waals surface area (Å²) in [4.78, 5) is 27.4. The molecule has 3 N–H and O–H groups in total. The van der Waals surface area contributed by atoms with Gasteiger partial charge in [-0.25, -0.2) is 4.79 Å². The number of anilines is 1. The summed E-state index contributed by atoms with van der Waals surface area (Å²) in [5, 5.41) is 29.2. The maximum Gasteiger partial charge on any atom is 0.337 e. The number of carboxylic acids is 1. The van der Waals surface area contributed by atoms with Crippen LogP contribution in [0.5, 0.6) is 0 Å². The van der Waals surface area contributed by atoms with Crippen LogP contribution in [0.15, 0.2) is 36.7 Å². The van der Waals surface area contributed by atoms with Gasteiger partial charge in [0.25, 0.3) is 5.91 Å². The first-order chi connectivity index (χ1) is 11.5. The van der Waals surface area contributed by atoms with E-state index in [2.05, 4.69) is 22.1 Å². The number of nitriles is 1. The second-order valence-corrected chi connectivity index (χ2v) is 4.55. The molecule has 0 aliphatic carbocycles. The van der Waals surface area contributed by atoms with Crippen LogP contribution in [0, 0.1) is 23.2 Å². The molecule has 0 atom stereocenters. The number of amides is 1. The lowest BCUT2D eigenvalue weighted by molar-refractivity contribution is 0.0698. The molecule has 7 nitrogen and oxygen atoms in total. The van der Waals surface area contributed by atoms with Crippen LogP contribution < -0.4 is 5.32 Å². The van der Waals surface area contributed by atoms with Gasteiger partial charge in [0.05, 0.1) is 28.4 Å². The number of benzene rings is 1. The molecule has 0 spiro atoms. The maximum atomic E-state index is 12.3. The largest absolute Gasteiger partial charge is 0.478 e. The summed E-state index contributed by atoms with van der Waals surface area (Å²) < 4.78 is 0. The van der Waals surface area contributed by atoms with Crippen molar-refractivity contribution in [3.63, 3.8) is 0 Å². The highest BCUT2D eigenvalue weighted by Gasteiger charge is 2.15. The van der Waals surface area contributed by atoms with Gasteiger partial charge in [-0.3, -0.25) is 9.78 Å². The molecule has 0 bridgehead atoms. The Morgan fingerprint density at radius 2 is 2.00 bits per heavy atom. The Morgan fingerprint density at radius 1 is 1.21 bits per heavy atom. The molecular weight excluding hydrogens is 310 g/mol. The first-order valence-corrected chi connectivity index (χ1v) is 6.68. The Morgan fingerprint density at radius 3 is 2.67 bits per heavy atom. The molecule has 0 saturated carbocycles. The first-order valence-electron chi connectivity index (χ1n) is 6.68. The first kappa shape index (κ1) is 16.7. The van der Waals surface area contributed by atoms with Crippen molar-refractivity contribution in [2.24, 2.45) is 0 Å². The number of aromatic nitrogens is 1. The number of nitrogens with zero attached hydrogens (tertiary/aromatic N) is 2. The Kier molecular flexibility index (Phi) is 5.24. The molecule has 0 fully saturated rings. The standard InChI is InChI=1S/C17H11N3O4/c18-8-11-3-4-15(14(7-11)17(23)24)20-16(22)13-6-12(2-1-5-21)9-19-10-13/h3-4,6-7,9-10,21H,5H2,(H,20,22)(H,23,24). The Hall–Kier alpha value is -3.68. The highest BCUT2D eigenvalue weighted by atomic mass is 16.4. The molecule has 0 aliphatic heterocycles. The van der Waals surface area contributed by atoms with Crippen molar-refractivity contribution in [1.29, 1.82) is 5.26 Å². The van der Waals surface area contributed by atoms with E-state index in [0.29, 0.717) is 5.56 Å². The van der Waals surface area contributed by atoms with E-state index in [-0.39, 0.29) is 29.0 Å². The molecule has 118 valence electrons. The number of nitrogens with one attached hydrogen (secondary N) is 1. The van der Waals surface area contributed by atoms with Gasteiger partial charge in [0.1, 0.15) is 6.61 Å². The summed E-state index contributed by atoms with van der Waals surface area (Å²) in [6.07, 6.45) is 2.74. The minimum absolute atomic E-state index is 0.0679. The minimum atomic E-state index is -1.26.